The Labute approximate surface area is 69.2 Å². The average molecular weight is 169 g/mol. The van der Waals surface area contributed by atoms with Crippen LogP contribution in [0.4, 0.5) is 4.39 Å². The number of carbonyl (C=O) groups is 1. The van der Waals surface area contributed by atoms with Crippen molar-refractivity contribution in [2.24, 2.45) is 4.99 Å². The Kier molecular flexibility index (Phi) is 2.74. The van der Waals surface area contributed by atoms with Crippen LogP contribution in [-0.2, 0) is 9.53 Å². The van der Waals surface area contributed by atoms with Crippen molar-refractivity contribution < 1.29 is 13.9 Å². The molecule has 0 amide bonds. The molecule has 0 N–H and O–H groups in total. The Balaban J connectivity index is 2.75. The SMILES string of the molecule is COC(=O)/C=C1\C=CN=CC1F. The molecule has 0 saturated carbocycles. The summed E-state index contributed by atoms with van der Waals surface area (Å²) in [6.07, 6.45) is 3.77. The summed E-state index contributed by atoms with van der Waals surface area (Å²) >= 11 is 0. The van der Waals surface area contributed by atoms with E-state index in [1.807, 2.05) is 0 Å². The summed E-state index contributed by atoms with van der Waals surface area (Å²) in [6.45, 7) is 0. The number of alkyl halides is 1. The zero-order chi connectivity index (χ0) is 8.97. The summed E-state index contributed by atoms with van der Waals surface area (Å²) in [5, 5.41) is 0. The maximum Gasteiger partial charge on any atom is 0.330 e. The van der Waals surface area contributed by atoms with Crippen molar-refractivity contribution in [2.45, 2.75) is 6.17 Å². The summed E-state index contributed by atoms with van der Waals surface area (Å²) in [4.78, 5) is 14.2. The first-order chi connectivity index (χ1) is 5.74. The minimum atomic E-state index is -1.31. The van der Waals surface area contributed by atoms with E-state index in [9.17, 15) is 9.18 Å². The van der Waals surface area contributed by atoms with Gasteiger partial charge in [-0.3, -0.25) is 4.99 Å². The summed E-state index contributed by atoms with van der Waals surface area (Å²) in [7, 11) is 1.24. The van der Waals surface area contributed by atoms with E-state index in [1.165, 1.54) is 19.4 Å². The van der Waals surface area contributed by atoms with Crippen LogP contribution in [0.5, 0.6) is 0 Å². The summed E-state index contributed by atoms with van der Waals surface area (Å²) in [6, 6.07) is 0. The lowest BCUT2D eigenvalue weighted by Gasteiger charge is -2.05. The monoisotopic (exact) mass is 169 g/mol. The Morgan fingerprint density at radius 2 is 2.58 bits per heavy atom. The lowest BCUT2D eigenvalue weighted by atomic mass is 10.1. The highest BCUT2D eigenvalue weighted by Crippen LogP contribution is 2.10. The van der Waals surface area contributed by atoms with Gasteiger partial charge in [0.25, 0.3) is 0 Å². The molecule has 0 radical (unpaired) electrons. The fourth-order valence-corrected chi connectivity index (χ4v) is 0.755. The van der Waals surface area contributed by atoms with Gasteiger partial charge in [-0.25, -0.2) is 9.18 Å². The molecule has 1 heterocycles. The number of halogens is 1. The van der Waals surface area contributed by atoms with E-state index in [4.69, 9.17) is 0 Å². The minimum Gasteiger partial charge on any atom is -0.466 e. The third-order valence-electron chi connectivity index (χ3n) is 1.37. The van der Waals surface area contributed by atoms with E-state index in [0.717, 1.165) is 12.3 Å². The molecule has 64 valence electrons. The Hall–Kier alpha value is -1.45. The molecule has 0 aliphatic carbocycles. The maximum atomic E-state index is 12.9. The van der Waals surface area contributed by atoms with E-state index in [0.29, 0.717) is 0 Å². The lowest BCUT2D eigenvalue weighted by molar-refractivity contribution is -0.134. The Morgan fingerprint density at radius 3 is 3.17 bits per heavy atom. The van der Waals surface area contributed by atoms with E-state index in [-0.39, 0.29) is 5.57 Å². The van der Waals surface area contributed by atoms with Crippen LogP contribution in [0.3, 0.4) is 0 Å². The van der Waals surface area contributed by atoms with Crippen LogP contribution < -0.4 is 0 Å². The highest BCUT2D eigenvalue weighted by molar-refractivity contribution is 5.85. The van der Waals surface area contributed by atoms with Crippen LogP contribution >= 0.6 is 0 Å². The zero-order valence-corrected chi connectivity index (χ0v) is 6.53. The molecule has 1 aliphatic rings. The van der Waals surface area contributed by atoms with Crippen molar-refractivity contribution in [1.29, 1.82) is 0 Å². The fraction of sp³-hybridized carbons (Fsp3) is 0.250. The minimum absolute atomic E-state index is 0.261. The number of esters is 1. The molecule has 0 bridgehead atoms. The van der Waals surface area contributed by atoms with Gasteiger partial charge in [-0.05, 0) is 6.08 Å². The molecule has 0 fully saturated rings. The molecule has 0 aromatic heterocycles. The average Bonchev–Trinajstić information content (AvgIpc) is 2.09. The van der Waals surface area contributed by atoms with Crippen molar-refractivity contribution in [3.05, 3.63) is 23.9 Å². The molecule has 0 saturated heterocycles. The molecule has 1 rings (SSSR count). The number of carbonyl (C=O) groups excluding carboxylic acids is 1. The van der Waals surface area contributed by atoms with Crippen molar-refractivity contribution in [2.75, 3.05) is 7.11 Å². The normalized spacial score (nSPS) is 24.5. The third kappa shape index (κ3) is 2.02. The first-order valence-corrected chi connectivity index (χ1v) is 3.37. The van der Waals surface area contributed by atoms with Gasteiger partial charge in [0.05, 0.1) is 7.11 Å². The highest BCUT2D eigenvalue weighted by atomic mass is 19.1. The van der Waals surface area contributed by atoms with Crippen molar-refractivity contribution in [3.63, 3.8) is 0 Å². The second-order valence-corrected chi connectivity index (χ2v) is 2.18. The smallest absolute Gasteiger partial charge is 0.330 e. The topological polar surface area (TPSA) is 38.7 Å². The number of hydrogen-bond donors (Lipinski definition) is 0. The van der Waals surface area contributed by atoms with Gasteiger partial charge in [-0.15, -0.1) is 0 Å². The van der Waals surface area contributed by atoms with Gasteiger partial charge in [0.1, 0.15) is 0 Å². The van der Waals surface area contributed by atoms with Crippen molar-refractivity contribution >= 4 is 12.2 Å². The predicted octanol–water partition coefficient (Wildman–Crippen LogP) is 1.02. The molecule has 1 aliphatic heterocycles. The molecular formula is C8H8FNO2. The summed E-state index contributed by atoms with van der Waals surface area (Å²) < 4.78 is 17.2. The van der Waals surface area contributed by atoms with Crippen LogP contribution in [0.2, 0.25) is 0 Å². The van der Waals surface area contributed by atoms with Gasteiger partial charge in [0.15, 0.2) is 6.17 Å². The molecule has 1 atom stereocenters. The number of rotatable bonds is 1. The quantitative estimate of drug-likeness (QED) is 0.434. The van der Waals surface area contributed by atoms with Crippen LogP contribution in [0, 0.1) is 0 Å². The summed E-state index contributed by atoms with van der Waals surface area (Å²) in [5.41, 5.74) is 0.261. The van der Waals surface area contributed by atoms with E-state index in [1.54, 1.807) is 0 Å². The van der Waals surface area contributed by atoms with Crippen molar-refractivity contribution in [1.82, 2.24) is 0 Å². The van der Waals surface area contributed by atoms with Crippen LogP contribution in [0.1, 0.15) is 0 Å². The second-order valence-electron chi connectivity index (χ2n) is 2.18. The Bertz CT molecular complexity index is 268. The lowest BCUT2D eigenvalue weighted by Crippen LogP contribution is -2.09. The predicted molar refractivity (Wildman–Crippen MR) is 42.6 cm³/mol. The highest BCUT2D eigenvalue weighted by Gasteiger charge is 2.11. The van der Waals surface area contributed by atoms with Gasteiger partial charge in [0.2, 0.25) is 0 Å². The first kappa shape index (κ1) is 8.64. The number of aliphatic imine (C=N–C) groups is 1. The van der Waals surface area contributed by atoms with Gasteiger partial charge in [-0.1, -0.05) is 0 Å². The van der Waals surface area contributed by atoms with Crippen LogP contribution in [-0.4, -0.2) is 25.5 Å². The largest absolute Gasteiger partial charge is 0.466 e. The van der Waals surface area contributed by atoms with Gasteiger partial charge in [0, 0.05) is 24.1 Å². The third-order valence-corrected chi connectivity index (χ3v) is 1.37. The summed E-state index contributed by atoms with van der Waals surface area (Å²) in [5.74, 6) is -0.562. The van der Waals surface area contributed by atoms with Gasteiger partial charge < -0.3 is 4.74 Å². The number of nitrogens with zero attached hydrogens (tertiary/aromatic N) is 1. The van der Waals surface area contributed by atoms with Crippen LogP contribution in [0.15, 0.2) is 28.9 Å². The van der Waals surface area contributed by atoms with Crippen LogP contribution in [0.25, 0.3) is 0 Å². The van der Waals surface area contributed by atoms with E-state index >= 15 is 0 Å². The van der Waals surface area contributed by atoms with Gasteiger partial charge >= 0.3 is 5.97 Å². The molecule has 4 heteroatoms. The van der Waals surface area contributed by atoms with E-state index in [2.05, 4.69) is 9.73 Å². The molecular weight excluding hydrogens is 161 g/mol. The van der Waals surface area contributed by atoms with E-state index < -0.39 is 12.1 Å². The first-order valence-electron chi connectivity index (χ1n) is 3.37. The number of hydrogen-bond acceptors (Lipinski definition) is 3. The molecule has 0 spiro atoms. The molecule has 1 unspecified atom stereocenters. The van der Waals surface area contributed by atoms with Crippen molar-refractivity contribution in [3.8, 4) is 0 Å². The number of allylic oxidation sites excluding steroid dienone is 2. The molecule has 12 heavy (non-hydrogen) atoms. The standard InChI is InChI=1S/C8H8FNO2/c1-12-8(11)4-6-2-3-10-5-7(6)9/h2-5,7H,1H3/b6-4+. The second kappa shape index (κ2) is 3.80. The zero-order valence-electron chi connectivity index (χ0n) is 6.53. The number of methoxy groups -OCH3 is 1. The number of ether oxygens (including phenoxy) is 1. The fourth-order valence-electron chi connectivity index (χ4n) is 0.755. The molecule has 0 aromatic rings. The Morgan fingerprint density at radius 1 is 1.83 bits per heavy atom. The molecule has 0 aromatic carbocycles. The molecule has 3 nitrogen and oxygen atoms in total. The van der Waals surface area contributed by atoms with Gasteiger partial charge in [-0.2, -0.15) is 0 Å². The maximum absolute atomic E-state index is 12.9.